The second-order valence-corrected chi connectivity index (χ2v) is 6.48. The molecular weight excluding hydrogens is 384 g/mol. The van der Waals surface area contributed by atoms with Crippen molar-refractivity contribution in [2.75, 3.05) is 25.0 Å². The van der Waals surface area contributed by atoms with Gasteiger partial charge in [0, 0.05) is 25.5 Å². The van der Waals surface area contributed by atoms with Crippen LogP contribution in [0.25, 0.3) is 5.95 Å². The summed E-state index contributed by atoms with van der Waals surface area (Å²) in [7, 11) is 1.74. The van der Waals surface area contributed by atoms with Gasteiger partial charge in [-0.15, -0.1) is 0 Å². The van der Waals surface area contributed by atoms with E-state index in [0.717, 1.165) is 0 Å². The summed E-state index contributed by atoms with van der Waals surface area (Å²) in [5.41, 5.74) is 0. The molecule has 1 N–H and O–H groups in total. The molecule has 0 spiro atoms. The standard InChI is InChI=1S/C18H17ClN6O3/c1-24(15-8-14(19)22-18(23-15)25-7-6-20-11-25)10-16(26)21-9-17-27-12-4-2-3-5-13(12)28-17/h2-8,11,17H,9-10H2,1H3,(H,21,26). The van der Waals surface area contributed by atoms with Gasteiger partial charge in [-0.05, 0) is 12.1 Å². The minimum Gasteiger partial charge on any atom is -0.449 e. The van der Waals surface area contributed by atoms with Crippen LogP contribution in [0.5, 0.6) is 11.5 Å². The van der Waals surface area contributed by atoms with E-state index < -0.39 is 6.29 Å². The van der Waals surface area contributed by atoms with E-state index in [2.05, 4.69) is 20.3 Å². The molecule has 0 radical (unpaired) electrons. The van der Waals surface area contributed by atoms with Gasteiger partial charge >= 0.3 is 0 Å². The molecular formula is C18H17ClN6O3. The van der Waals surface area contributed by atoms with Crippen molar-refractivity contribution in [3.8, 4) is 17.4 Å². The van der Waals surface area contributed by atoms with Crippen LogP contribution in [0.3, 0.4) is 0 Å². The molecule has 3 heterocycles. The van der Waals surface area contributed by atoms with Crippen LogP contribution in [0.15, 0.2) is 49.1 Å². The predicted molar refractivity (Wildman–Crippen MR) is 102 cm³/mol. The van der Waals surface area contributed by atoms with E-state index in [1.165, 1.54) is 0 Å². The number of carbonyl (C=O) groups excluding carboxylic acids is 1. The van der Waals surface area contributed by atoms with Crippen LogP contribution < -0.4 is 19.7 Å². The fraction of sp³-hybridized carbons (Fsp3) is 0.222. The van der Waals surface area contributed by atoms with Crippen LogP contribution in [0.1, 0.15) is 0 Å². The molecule has 144 valence electrons. The van der Waals surface area contributed by atoms with Crippen molar-refractivity contribution < 1.29 is 14.3 Å². The Morgan fingerprint density at radius 3 is 2.71 bits per heavy atom. The molecule has 9 nitrogen and oxygen atoms in total. The lowest BCUT2D eigenvalue weighted by Gasteiger charge is -2.19. The fourth-order valence-electron chi connectivity index (χ4n) is 2.67. The molecule has 0 atom stereocenters. The average Bonchev–Trinajstić information content (AvgIpc) is 3.35. The highest BCUT2D eigenvalue weighted by Crippen LogP contribution is 2.33. The summed E-state index contributed by atoms with van der Waals surface area (Å²) < 4.78 is 12.9. The molecule has 1 aliphatic heterocycles. The normalized spacial score (nSPS) is 12.8. The van der Waals surface area contributed by atoms with Crippen molar-refractivity contribution in [3.63, 3.8) is 0 Å². The number of carbonyl (C=O) groups is 1. The van der Waals surface area contributed by atoms with Crippen molar-refractivity contribution in [2.24, 2.45) is 0 Å². The number of para-hydroxylation sites is 2. The van der Waals surface area contributed by atoms with Gasteiger partial charge in [0.25, 0.3) is 6.29 Å². The summed E-state index contributed by atoms with van der Waals surface area (Å²) in [5, 5.41) is 3.06. The van der Waals surface area contributed by atoms with Crippen molar-refractivity contribution >= 4 is 23.3 Å². The second-order valence-electron chi connectivity index (χ2n) is 6.09. The molecule has 1 aromatic carbocycles. The molecule has 2 aromatic heterocycles. The summed E-state index contributed by atoms with van der Waals surface area (Å²) in [4.78, 5) is 26.5. The van der Waals surface area contributed by atoms with Gasteiger partial charge in [-0.1, -0.05) is 23.7 Å². The van der Waals surface area contributed by atoms with Gasteiger partial charge in [0.05, 0.1) is 13.1 Å². The number of imidazole rings is 1. The zero-order valence-corrected chi connectivity index (χ0v) is 15.7. The molecule has 1 aliphatic rings. The Kier molecular flexibility index (Phi) is 4.98. The number of hydrogen-bond acceptors (Lipinski definition) is 7. The maximum absolute atomic E-state index is 12.3. The molecule has 0 bridgehead atoms. The van der Waals surface area contributed by atoms with Gasteiger partial charge in [0.15, 0.2) is 11.5 Å². The number of aromatic nitrogens is 4. The van der Waals surface area contributed by atoms with Crippen LogP contribution in [-0.4, -0.2) is 51.9 Å². The van der Waals surface area contributed by atoms with Gasteiger partial charge in [-0.2, -0.15) is 4.98 Å². The Morgan fingerprint density at radius 2 is 2.04 bits per heavy atom. The summed E-state index contributed by atoms with van der Waals surface area (Å²) in [6, 6.07) is 8.96. The quantitative estimate of drug-likeness (QED) is 0.629. The SMILES string of the molecule is CN(CC(=O)NCC1Oc2ccccc2O1)c1cc(Cl)nc(-n2ccnc2)n1. The zero-order valence-electron chi connectivity index (χ0n) is 14.9. The Bertz CT molecular complexity index is 956. The van der Waals surface area contributed by atoms with E-state index >= 15 is 0 Å². The van der Waals surface area contributed by atoms with Gasteiger partial charge < -0.3 is 19.7 Å². The predicted octanol–water partition coefficient (Wildman–Crippen LogP) is 1.67. The molecule has 0 fully saturated rings. The first-order valence-corrected chi connectivity index (χ1v) is 8.89. The summed E-state index contributed by atoms with van der Waals surface area (Å²) in [6.07, 6.45) is 4.35. The number of nitrogens with one attached hydrogen (secondary N) is 1. The Balaban J connectivity index is 1.34. The van der Waals surface area contributed by atoms with E-state index in [4.69, 9.17) is 21.1 Å². The maximum Gasteiger partial charge on any atom is 0.258 e. The van der Waals surface area contributed by atoms with Gasteiger partial charge in [0.2, 0.25) is 11.9 Å². The first-order chi connectivity index (χ1) is 13.6. The van der Waals surface area contributed by atoms with Crippen LogP contribution in [0, 0.1) is 0 Å². The fourth-order valence-corrected chi connectivity index (χ4v) is 2.84. The van der Waals surface area contributed by atoms with Gasteiger partial charge in [-0.3, -0.25) is 9.36 Å². The lowest BCUT2D eigenvalue weighted by atomic mass is 10.3. The number of nitrogens with zero attached hydrogens (tertiary/aromatic N) is 5. The van der Waals surface area contributed by atoms with Crippen molar-refractivity contribution in [1.29, 1.82) is 0 Å². The van der Waals surface area contributed by atoms with E-state index in [1.54, 1.807) is 41.3 Å². The Hall–Kier alpha value is -3.33. The first kappa shape index (κ1) is 18.1. The number of amides is 1. The number of fused-ring (bicyclic) bond motifs is 1. The third-order valence-corrected chi connectivity index (χ3v) is 4.20. The number of benzene rings is 1. The average molecular weight is 401 g/mol. The van der Waals surface area contributed by atoms with Gasteiger partial charge in [0.1, 0.15) is 17.3 Å². The Morgan fingerprint density at radius 1 is 1.29 bits per heavy atom. The molecule has 1 amide bonds. The molecule has 0 saturated heterocycles. The van der Waals surface area contributed by atoms with E-state index in [1.807, 2.05) is 24.3 Å². The monoisotopic (exact) mass is 400 g/mol. The lowest BCUT2D eigenvalue weighted by Crippen LogP contribution is -2.41. The first-order valence-electron chi connectivity index (χ1n) is 8.51. The number of anilines is 1. The summed E-state index contributed by atoms with van der Waals surface area (Å²) in [5.74, 6) is 2.02. The highest BCUT2D eigenvalue weighted by atomic mass is 35.5. The van der Waals surface area contributed by atoms with Crippen LogP contribution in [0.2, 0.25) is 5.15 Å². The van der Waals surface area contributed by atoms with Gasteiger partial charge in [-0.25, -0.2) is 9.97 Å². The van der Waals surface area contributed by atoms with Crippen LogP contribution in [0.4, 0.5) is 5.82 Å². The third-order valence-electron chi connectivity index (χ3n) is 4.01. The zero-order chi connectivity index (χ0) is 19.5. The highest BCUT2D eigenvalue weighted by Gasteiger charge is 2.24. The summed E-state index contributed by atoms with van der Waals surface area (Å²) >= 11 is 6.09. The third kappa shape index (κ3) is 3.99. The van der Waals surface area contributed by atoms with Crippen molar-refractivity contribution in [1.82, 2.24) is 24.8 Å². The van der Waals surface area contributed by atoms with Crippen molar-refractivity contribution in [2.45, 2.75) is 6.29 Å². The van der Waals surface area contributed by atoms with E-state index in [-0.39, 0.29) is 24.1 Å². The van der Waals surface area contributed by atoms with Crippen molar-refractivity contribution in [3.05, 3.63) is 54.2 Å². The molecule has 0 saturated carbocycles. The van der Waals surface area contributed by atoms with Crippen LogP contribution >= 0.6 is 11.6 Å². The maximum atomic E-state index is 12.3. The van der Waals surface area contributed by atoms with Crippen LogP contribution in [-0.2, 0) is 4.79 Å². The largest absolute Gasteiger partial charge is 0.449 e. The molecule has 3 aromatic rings. The number of halogens is 1. The minimum atomic E-state index is -0.548. The smallest absolute Gasteiger partial charge is 0.258 e. The van der Waals surface area contributed by atoms with E-state index in [9.17, 15) is 4.79 Å². The molecule has 0 unspecified atom stereocenters. The number of likely N-dealkylation sites (N-methyl/N-ethyl adjacent to an activating group) is 1. The Labute approximate surface area is 165 Å². The number of ether oxygens (including phenoxy) is 2. The summed E-state index contributed by atoms with van der Waals surface area (Å²) in [6.45, 7) is 0.308. The topological polar surface area (TPSA) is 94.4 Å². The minimum absolute atomic E-state index is 0.0797. The number of hydrogen-bond donors (Lipinski definition) is 1. The molecule has 10 heteroatoms. The lowest BCUT2D eigenvalue weighted by molar-refractivity contribution is -0.120. The molecule has 28 heavy (non-hydrogen) atoms. The molecule has 4 rings (SSSR count). The van der Waals surface area contributed by atoms with E-state index in [0.29, 0.717) is 23.3 Å². The number of rotatable bonds is 6. The molecule has 0 aliphatic carbocycles. The highest BCUT2D eigenvalue weighted by molar-refractivity contribution is 6.29. The second kappa shape index (κ2) is 7.73.